The quantitative estimate of drug-likeness (QED) is 0.337. The van der Waals surface area contributed by atoms with Crippen LogP contribution in [0.2, 0.25) is 10.0 Å². The maximum Gasteiger partial charge on any atom is 0.513 e. The molecule has 3 aromatic rings. The molecule has 3 aromatic carbocycles. The number of rotatable bonds is 6. The third-order valence-electron chi connectivity index (χ3n) is 4.16. The van der Waals surface area contributed by atoms with Crippen LogP contribution in [-0.4, -0.2) is 24.6 Å². The normalized spacial score (nSPS) is 10.2. The molecule has 0 aromatic heterocycles. The maximum absolute atomic E-state index is 12.4. The highest BCUT2D eigenvalue weighted by Gasteiger charge is 2.11. The van der Waals surface area contributed by atoms with Crippen LogP contribution in [0, 0.1) is 0 Å². The summed E-state index contributed by atoms with van der Waals surface area (Å²) >= 11 is 11.8. The van der Waals surface area contributed by atoms with Gasteiger partial charge in [0.15, 0.2) is 0 Å². The van der Waals surface area contributed by atoms with Crippen molar-refractivity contribution in [2.24, 2.45) is 0 Å². The van der Waals surface area contributed by atoms with E-state index in [-0.39, 0.29) is 29.2 Å². The minimum absolute atomic E-state index is 0.206. The summed E-state index contributed by atoms with van der Waals surface area (Å²) in [6, 6.07) is 17.3. The lowest BCUT2D eigenvalue weighted by molar-refractivity contribution is 0.101. The van der Waals surface area contributed by atoms with Crippen molar-refractivity contribution in [3.05, 3.63) is 87.9 Å². The van der Waals surface area contributed by atoms with E-state index in [0.29, 0.717) is 27.5 Å². The zero-order valence-corrected chi connectivity index (χ0v) is 18.4. The van der Waals surface area contributed by atoms with Crippen molar-refractivity contribution in [3.63, 3.8) is 0 Å². The molecule has 3 rings (SSSR count). The predicted octanol–water partition coefficient (Wildman–Crippen LogP) is 6.03. The zero-order valence-electron chi connectivity index (χ0n) is 16.9. The number of benzene rings is 3. The van der Waals surface area contributed by atoms with Gasteiger partial charge in [0.05, 0.1) is 16.7 Å². The lowest BCUT2D eigenvalue weighted by Crippen LogP contribution is -2.13. The molecule has 0 bridgehead atoms. The summed E-state index contributed by atoms with van der Waals surface area (Å²) in [6.07, 6.45) is -0.809. The number of carbonyl (C=O) groups excluding carboxylic acids is 3. The summed E-state index contributed by atoms with van der Waals surface area (Å²) in [7, 11) is 0. The number of carbonyl (C=O) groups is 3. The fourth-order valence-corrected chi connectivity index (χ4v) is 2.90. The van der Waals surface area contributed by atoms with Crippen molar-refractivity contribution in [2.75, 3.05) is 17.2 Å². The van der Waals surface area contributed by atoms with Gasteiger partial charge in [0, 0.05) is 22.5 Å². The molecule has 0 aliphatic carbocycles. The number of anilines is 2. The van der Waals surface area contributed by atoms with Gasteiger partial charge in [0.1, 0.15) is 5.75 Å². The van der Waals surface area contributed by atoms with E-state index in [1.807, 2.05) is 0 Å². The van der Waals surface area contributed by atoms with E-state index in [9.17, 15) is 14.4 Å². The Kier molecular flexibility index (Phi) is 7.70. The Bertz CT molecular complexity index is 1130. The molecule has 0 radical (unpaired) electrons. The number of hydrogen-bond donors (Lipinski definition) is 2. The summed E-state index contributed by atoms with van der Waals surface area (Å²) < 4.78 is 9.65. The monoisotopic (exact) mass is 472 g/mol. The largest absolute Gasteiger partial charge is 0.513 e. The van der Waals surface area contributed by atoms with Gasteiger partial charge in [-0.2, -0.15) is 0 Å². The van der Waals surface area contributed by atoms with Gasteiger partial charge in [0.2, 0.25) is 0 Å². The minimum atomic E-state index is -0.809. The first-order valence-electron chi connectivity index (χ1n) is 9.48. The van der Waals surface area contributed by atoms with Gasteiger partial charge in [-0.05, 0) is 73.7 Å². The fourth-order valence-electron chi connectivity index (χ4n) is 2.60. The first-order valence-corrected chi connectivity index (χ1v) is 10.2. The standard InChI is InChI=1S/C23H18Cl2N2O5/c1-2-31-23(30)32-18-10-3-14(4-11-18)21(28)26-16-6-8-17(9-7-16)27-22(29)15-5-12-19(24)20(25)13-15/h3-13H,2H2,1H3,(H,26,28)(H,27,29). The summed E-state index contributed by atoms with van der Waals surface area (Å²) in [5, 5.41) is 6.15. The topological polar surface area (TPSA) is 93.7 Å². The van der Waals surface area contributed by atoms with Crippen LogP contribution in [0.3, 0.4) is 0 Å². The molecule has 0 unspecified atom stereocenters. The number of amides is 2. The van der Waals surface area contributed by atoms with Crippen LogP contribution >= 0.6 is 23.2 Å². The van der Waals surface area contributed by atoms with Gasteiger partial charge in [-0.1, -0.05) is 23.2 Å². The second-order valence-corrected chi connectivity index (χ2v) is 7.24. The molecule has 9 heteroatoms. The number of nitrogens with one attached hydrogen (secondary N) is 2. The van der Waals surface area contributed by atoms with Crippen molar-refractivity contribution < 1.29 is 23.9 Å². The number of halogens is 2. The van der Waals surface area contributed by atoms with Gasteiger partial charge in [-0.3, -0.25) is 9.59 Å². The highest BCUT2D eigenvalue weighted by molar-refractivity contribution is 6.42. The molecule has 164 valence electrons. The van der Waals surface area contributed by atoms with E-state index in [1.165, 1.54) is 30.3 Å². The third kappa shape index (κ3) is 6.23. The molecule has 32 heavy (non-hydrogen) atoms. The molecule has 0 saturated carbocycles. The molecule has 0 saturated heterocycles. The van der Waals surface area contributed by atoms with Crippen molar-refractivity contribution in [3.8, 4) is 5.75 Å². The van der Waals surface area contributed by atoms with E-state index in [4.69, 9.17) is 32.7 Å². The molecular formula is C23H18Cl2N2O5. The molecule has 2 amide bonds. The van der Waals surface area contributed by atoms with Crippen LogP contribution < -0.4 is 15.4 Å². The molecule has 2 N–H and O–H groups in total. The fraction of sp³-hybridized carbons (Fsp3) is 0.0870. The average Bonchev–Trinajstić information content (AvgIpc) is 2.77. The van der Waals surface area contributed by atoms with Crippen molar-refractivity contribution in [2.45, 2.75) is 6.92 Å². The molecule has 0 heterocycles. The van der Waals surface area contributed by atoms with E-state index in [2.05, 4.69) is 10.6 Å². The summed E-state index contributed by atoms with van der Waals surface area (Å²) in [4.78, 5) is 36.1. The first kappa shape index (κ1) is 23.1. The third-order valence-corrected chi connectivity index (χ3v) is 4.90. The average molecular weight is 473 g/mol. The van der Waals surface area contributed by atoms with Gasteiger partial charge in [0.25, 0.3) is 11.8 Å². The van der Waals surface area contributed by atoms with Crippen LogP contribution in [0.25, 0.3) is 0 Å². The highest BCUT2D eigenvalue weighted by Crippen LogP contribution is 2.23. The highest BCUT2D eigenvalue weighted by atomic mass is 35.5. The molecule has 0 aliphatic heterocycles. The number of hydrogen-bond acceptors (Lipinski definition) is 5. The minimum Gasteiger partial charge on any atom is -0.434 e. The zero-order chi connectivity index (χ0) is 23.1. The molecule has 7 nitrogen and oxygen atoms in total. The Morgan fingerprint density at radius 2 is 1.28 bits per heavy atom. The molecule has 0 atom stereocenters. The van der Waals surface area contributed by atoms with Gasteiger partial charge in [-0.25, -0.2) is 4.79 Å². The second kappa shape index (κ2) is 10.7. The Morgan fingerprint density at radius 1 is 0.750 bits per heavy atom. The Balaban J connectivity index is 1.57. The number of ether oxygens (including phenoxy) is 2. The van der Waals surface area contributed by atoms with Crippen LogP contribution in [0.1, 0.15) is 27.6 Å². The lowest BCUT2D eigenvalue weighted by atomic mass is 10.2. The Hall–Kier alpha value is -3.55. The van der Waals surface area contributed by atoms with Gasteiger partial charge < -0.3 is 20.1 Å². The second-order valence-electron chi connectivity index (χ2n) is 6.42. The summed E-state index contributed by atoms with van der Waals surface area (Å²) in [6.45, 7) is 1.88. The summed E-state index contributed by atoms with van der Waals surface area (Å²) in [5.41, 5.74) is 1.82. The first-order chi connectivity index (χ1) is 15.4. The Morgan fingerprint density at radius 3 is 1.81 bits per heavy atom. The molecule has 0 spiro atoms. The van der Waals surface area contributed by atoms with E-state index in [0.717, 1.165) is 0 Å². The Labute approximate surface area is 194 Å². The SMILES string of the molecule is CCOC(=O)Oc1ccc(C(=O)Nc2ccc(NC(=O)c3ccc(Cl)c(Cl)c3)cc2)cc1. The summed E-state index contributed by atoms with van der Waals surface area (Å²) in [5.74, 6) is -0.423. The van der Waals surface area contributed by atoms with Gasteiger partial charge in [-0.15, -0.1) is 0 Å². The smallest absolute Gasteiger partial charge is 0.434 e. The van der Waals surface area contributed by atoms with E-state index in [1.54, 1.807) is 43.3 Å². The van der Waals surface area contributed by atoms with Gasteiger partial charge >= 0.3 is 6.16 Å². The van der Waals surface area contributed by atoms with Crippen LogP contribution in [0.15, 0.2) is 66.7 Å². The van der Waals surface area contributed by atoms with E-state index < -0.39 is 6.16 Å². The van der Waals surface area contributed by atoms with Crippen molar-refractivity contribution in [1.82, 2.24) is 0 Å². The van der Waals surface area contributed by atoms with Crippen LogP contribution in [0.5, 0.6) is 5.75 Å². The molecule has 0 fully saturated rings. The molecule has 0 aliphatic rings. The van der Waals surface area contributed by atoms with Crippen molar-refractivity contribution in [1.29, 1.82) is 0 Å². The molecular weight excluding hydrogens is 455 g/mol. The van der Waals surface area contributed by atoms with Crippen LogP contribution in [0.4, 0.5) is 16.2 Å². The maximum atomic E-state index is 12.4. The lowest BCUT2D eigenvalue weighted by Gasteiger charge is -2.09. The predicted molar refractivity (Wildman–Crippen MR) is 123 cm³/mol. The van der Waals surface area contributed by atoms with E-state index >= 15 is 0 Å². The van der Waals surface area contributed by atoms with Crippen LogP contribution in [-0.2, 0) is 4.74 Å². The van der Waals surface area contributed by atoms with Crippen molar-refractivity contribution >= 4 is 52.5 Å².